The van der Waals surface area contributed by atoms with Gasteiger partial charge in [-0.15, -0.1) is 11.3 Å². The predicted molar refractivity (Wildman–Crippen MR) is 62.7 cm³/mol. The molecule has 1 aromatic heterocycles. The third-order valence-corrected chi connectivity index (χ3v) is 5.18. The molecular weight excluding hydrogens is 256 g/mol. The number of Topliss-reactive ketones (excluding diaryl/α,β-unsaturated/α-hetero) is 1. The fourth-order valence-corrected chi connectivity index (χ4v) is 2.80. The van der Waals surface area contributed by atoms with Crippen LogP contribution in [0.4, 0.5) is 0 Å². The summed E-state index contributed by atoms with van der Waals surface area (Å²) in [6, 6.07) is 1.62. The van der Waals surface area contributed by atoms with E-state index in [1.807, 2.05) is 0 Å². The van der Waals surface area contributed by atoms with E-state index in [4.69, 9.17) is 11.6 Å². The van der Waals surface area contributed by atoms with Crippen LogP contribution < -0.4 is 0 Å². The van der Waals surface area contributed by atoms with E-state index >= 15 is 0 Å². The van der Waals surface area contributed by atoms with E-state index in [-0.39, 0.29) is 0 Å². The van der Waals surface area contributed by atoms with Crippen LogP contribution in [-0.2, 0) is 9.84 Å². The number of carbonyl (C=O) groups excluding carboxylic acids is 1. The molecule has 15 heavy (non-hydrogen) atoms. The molecule has 1 rings (SSSR count). The van der Waals surface area contributed by atoms with Gasteiger partial charge in [0.25, 0.3) is 0 Å². The van der Waals surface area contributed by atoms with Gasteiger partial charge in [0.05, 0.1) is 9.21 Å². The molecule has 1 atom stereocenters. The number of ketones is 1. The zero-order chi connectivity index (χ0) is 11.8. The van der Waals surface area contributed by atoms with Gasteiger partial charge in [0, 0.05) is 6.26 Å². The van der Waals surface area contributed by atoms with Crippen molar-refractivity contribution in [2.75, 3.05) is 6.26 Å². The first-order valence-corrected chi connectivity index (χ1v) is 7.37. The Labute approximate surface area is 98.0 Å². The van der Waals surface area contributed by atoms with Gasteiger partial charge in [-0.05, 0) is 25.5 Å². The lowest BCUT2D eigenvalue weighted by atomic mass is 10.2. The van der Waals surface area contributed by atoms with E-state index in [2.05, 4.69) is 0 Å². The quantitative estimate of drug-likeness (QED) is 0.789. The Kier molecular flexibility index (Phi) is 3.58. The number of halogens is 1. The summed E-state index contributed by atoms with van der Waals surface area (Å²) in [7, 11) is -3.34. The van der Waals surface area contributed by atoms with Crippen LogP contribution >= 0.6 is 22.9 Å². The number of sulfone groups is 1. The van der Waals surface area contributed by atoms with Crippen LogP contribution in [0.2, 0.25) is 4.34 Å². The van der Waals surface area contributed by atoms with E-state index in [1.54, 1.807) is 13.0 Å². The van der Waals surface area contributed by atoms with Crippen molar-refractivity contribution in [3.63, 3.8) is 0 Å². The standard InChI is InChI=1S/C9H11ClO3S2/c1-5-4-7(14-9(5)10)8(11)6(2)15(3,12)13/h4,6H,1-3H3. The molecule has 0 N–H and O–H groups in total. The van der Waals surface area contributed by atoms with Crippen molar-refractivity contribution in [3.8, 4) is 0 Å². The molecule has 0 aliphatic carbocycles. The maximum atomic E-state index is 11.7. The van der Waals surface area contributed by atoms with Gasteiger partial charge in [0.1, 0.15) is 5.25 Å². The summed E-state index contributed by atoms with van der Waals surface area (Å²) in [5.74, 6) is -0.391. The van der Waals surface area contributed by atoms with Gasteiger partial charge in [-0.2, -0.15) is 0 Å². The lowest BCUT2D eigenvalue weighted by molar-refractivity contribution is 0.0995. The first kappa shape index (κ1) is 12.7. The molecule has 0 bridgehead atoms. The van der Waals surface area contributed by atoms with Crippen molar-refractivity contribution in [2.24, 2.45) is 0 Å². The van der Waals surface area contributed by atoms with Crippen LogP contribution in [0.3, 0.4) is 0 Å². The van der Waals surface area contributed by atoms with Crippen molar-refractivity contribution in [3.05, 3.63) is 20.8 Å². The van der Waals surface area contributed by atoms with Crippen LogP contribution in [0, 0.1) is 6.92 Å². The average molecular weight is 267 g/mol. The largest absolute Gasteiger partial charge is 0.292 e. The van der Waals surface area contributed by atoms with Crippen LogP contribution in [-0.4, -0.2) is 25.7 Å². The summed E-state index contributed by atoms with van der Waals surface area (Å²) in [5.41, 5.74) is 0.797. The average Bonchev–Trinajstić information content (AvgIpc) is 2.43. The molecule has 0 fully saturated rings. The molecule has 0 aliphatic rings. The first-order chi connectivity index (χ1) is 6.73. The minimum absolute atomic E-state index is 0.391. The predicted octanol–water partition coefficient (Wildman–Crippen LogP) is 2.33. The van der Waals surface area contributed by atoms with Crippen molar-refractivity contribution in [2.45, 2.75) is 19.1 Å². The van der Waals surface area contributed by atoms with Crippen molar-refractivity contribution < 1.29 is 13.2 Å². The molecule has 1 heterocycles. The number of hydrogen-bond donors (Lipinski definition) is 0. The minimum Gasteiger partial charge on any atom is -0.292 e. The summed E-state index contributed by atoms with van der Waals surface area (Å²) in [5, 5.41) is -1.01. The normalized spacial score (nSPS) is 13.9. The molecule has 0 saturated carbocycles. The Morgan fingerprint density at radius 2 is 2.07 bits per heavy atom. The lowest BCUT2D eigenvalue weighted by Crippen LogP contribution is -2.25. The van der Waals surface area contributed by atoms with Crippen molar-refractivity contribution in [1.29, 1.82) is 0 Å². The van der Waals surface area contributed by atoms with Gasteiger partial charge in [-0.1, -0.05) is 11.6 Å². The second kappa shape index (κ2) is 4.23. The summed E-state index contributed by atoms with van der Waals surface area (Å²) < 4.78 is 22.9. The molecule has 0 aromatic carbocycles. The Morgan fingerprint density at radius 3 is 2.40 bits per heavy atom. The number of carbonyl (C=O) groups is 1. The maximum Gasteiger partial charge on any atom is 0.190 e. The van der Waals surface area contributed by atoms with Crippen LogP contribution in [0.1, 0.15) is 22.2 Å². The molecule has 6 heteroatoms. The summed E-state index contributed by atoms with van der Waals surface area (Å²) in [4.78, 5) is 12.1. The molecule has 84 valence electrons. The Balaban J connectivity index is 3.06. The van der Waals surface area contributed by atoms with E-state index in [0.29, 0.717) is 9.21 Å². The molecule has 0 saturated heterocycles. The number of aryl methyl sites for hydroxylation is 1. The Hall–Kier alpha value is -0.390. The van der Waals surface area contributed by atoms with E-state index < -0.39 is 20.9 Å². The van der Waals surface area contributed by atoms with Crippen LogP contribution in [0.25, 0.3) is 0 Å². The minimum atomic E-state index is -3.34. The van der Waals surface area contributed by atoms with E-state index in [0.717, 1.165) is 23.2 Å². The number of rotatable bonds is 3. The van der Waals surface area contributed by atoms with Crippen LogP contribution in [0.5, 0.6) is 0 Å². The number of thiophene rings is 1. The molecular formula is C9H11ClO3S2. The fourth-order valence-electron chi connectivity index (χ4n) is 0.976. The summed E-state index contributed by atoms with van der Waals surface area (Å²) in [6.45, 7) is 3.17. The molecule has 1 unspecified atom stereocenters. The maximum absolute atomic E-state index is 11.7. The fraction of sp³-hybridized carbons (Fsp3) is 0.444. The summed E-state index contributed by atoms with van der Waals surface area (Å²) >= 11 is 6.93. The van der Waals surface area contributed by atoms with Gasteiger partial charge < -0.3 is 0 Å². The third-order valence-electron chi connectivity index (χ3n) is 2.11. The van der Waals surface area contributed by atoms with Gasteiger partial charge in [0.2, 0.25) is 0 Å². The van der Waals surface area contributed by atoms with Gasteiger partial charge >= 0.3 is 0 Å². The number of hydrogen-bond acceptors (Lipinski definition) is 4. The van der Waals surface area contributed by atoms with E-state index in [1.165, 1.54) is 6.92 Å². The molecule has 0 radical (unpaired) electrons. The van der Waals surface area contributed by atoms with Gasteiger partial charge in [-0.25, -0.2) is 8.42 Å². The zero-order valence-electron chi connectivity index (χ0n) is 8.57. The smallest absolute Gasteiger partial charge is 0.190 e. The van der Waals surface area contributed by atoms with Gasteiger partial charge in [0.15, 0.2) is 15.6 Å². The highest BCUT2D eigenvalue weighted by atomic mass is 35.5. The molecule has 0 spiro atoms. The van der Waals surface area contributed by atoms with Crippen molar-refractivity contribution >= 4 is 38.6 Å². The Bertz CT molecular complexity index is 468. The van der Waals surface area contributed by atoms with E-state index in [9.17, 15) is 13.2 Å². The molecule has 1 aromatic rings. The monoisotopic (exact) mass is 266 g/mol. The molecule has 3 nitrogen and oxygen atoms in total. The molecule has 0 amide bonds. The topological polar surface area (TPSA) is 51.2 Å². The third kappa shape index (κ3) is 2.80. The second-order valence-electron chi connectivity index (χ2n) is 3.40. The molecule has 0 aliphatic heterocycles. The second-order valence-corrected chi connectivity index (χ2v) is 7.42. The first-order valence-electron chi connectivity index (χ1n) is 4.22. The highest BCUT2D eigenvalue weighted by Crippen LogP contribution is 2.28. The highest BCUT2D eigenvalue weighted by Gasteiger charge is 2.26. The SMILES string of the molecule is Cc1cc(C(=O)C(C)S(C)(=O)=O)sc1Cl. The Morgan fingerprint density at radius 1 is 1.53 bits per heavy atom. The van der Waals surface area contributed by atoms with Crippen LogP contribution in [0.15, 0.2) is 6.07 Å². The zero-order valence-corrected chi connectivity index (χ0v) is 11.0. The summed E-state index contributed by atoms with van der Waals surface area (Å²) in [6.07, 6.45) is 1.05. The van der Waals surface area contributed by atoms with Gasteiger partial charge in [-0.3, -0.25) is 4.79 Å². The van der Waals surface area contributed by atoms with Crippen molar-refractivity contribution in [1.82, 2.24) is 0 Å². The lowest BCUT2D eigenvalue weighted by Gasteiger charge is -2.05. The highest BCUT2D eigenvalue weighted by molar-refractivity contribution is 7.92.